The van der Waals surface area contributed by atoms with Crippen molar-refractivity contribution in [3.8, 4) is 0 Å². The van der Waals surface area contributed by atoms with Crippen LogP contribution in [0.25, 0.3) is 6.08 Å². The van der Waals surface area contributed by atoms with E-state index in [1.165, 1.54) is 0 Å². The maximum Gasteiger partial charge on any atom is 0.293 e. The number of carbonyl (C=O) groups is 3. The van der Waals surface area contributed by atoms with Crippen molar-refractivity contribution in [2.24, 2.45) is 0 Å². The van der Waals surface area contributed by atoms with Crippen molar-refractivity contribution in [1.29, 1.82) is 0 Å². The number of halogens is 1. The van der Waals surface area contributed by atoms with E-state index >= 15 is 0 Å². The molecule has 1 saturated heterocycles. The fraction of sp³-hybridized carbons (Fsp3) is 0.214. The average molecular weight is 369 g/mol. The first-order valence-corrected chi connectivity index (χ1v) is 8.18. The normalized spacial score (nSPS) is 16.6. The molecule has 21 heavy (non-hydrogen) atoms. The summed E-state index contributed by atoms with van der Waals surface area (Å²) in [6.07, 6.45) is 1.70. The minimum Gasteiger partial charge on any atom is -0.354 e. The molecule has 7 heteroatoms. The first-order valence-electron chi connectivity index (χ1n) is 6.25. The molecule has 0 atom stereocenters. The molecule has 1 N–H and O–H groups in total. The van der Waals surface area contributed by atoms with Crippen LogP contribution in [0.2, 0.25) is 0 Å². The zero-order valence-electron chi connectivity index (χ0n) is 11.0. The average Bonchev–Trinajstić information content (AvgIpc) is 2.75. The van der Waals surface area contributed by atoms with Crippen molar-refractivity contribution in [2.45, 2.75) is 0 Å². The summed E-state index contributed by atoms with van der Waals surface area (Å²) < 4.78 is 0. The molecule has 1 aromatic rings. The summed E-state index contributed by atoms with van der Waals surface area (Å²) in [7, 11) is 0. The van der Waals surface area contributed by atoms with Crippen LogP contribution in [0.4, 0.5) is 4.79 Å². The quantitative estimate of drug-likeness (QED) is 0.639. The number of rotatable bonds is 5. The molecule has 0 aromatic heterocycles. The molecule has 1 fully saturated rings. The van der Waals surface area contributed by atoms with E-state index in [1.54, 1.807) is 6.08 Å². The van der Waals surface area contributed by atoms with Gasteiger partial charge in [0.15, 0.2) is 0 Å². The van der Waals surface area contributed by atoms with Crippen LogP contribution in [-0.4, -0.2) is 40.4 Å². The van der Waals surface area contributed by atoms with Gasteiger partial charge in [0.1, 0.15) is 0 Å². The van der Waals surface area contributed by atoms with Gasteiger partial charge in [-0.25, -0.2) is 0 Å². The molecule has 110 valence electrons. The highest BCUT2D eigenvalue weighted by Crippen LogP contribution is 2.31. The van der Waals surface area contributed by atoms with Crippen LogP contribution < -0.4 is 5.32 Å². The minimum atomic E-state index is -0.318. The Labute approximate surface area is 134 Å². The van der Waals surface area contributed by atoms with Gasteiger partial charge in [-0.1, -0.05) is 46.3 Å². The van der Waals surface area contributed by atoms with E-state index < -0.39 is 0 Å². The van der Waals surface area contributed by atoms with Crippen molar-refractivity contribution < 1.29 is 14.4 Å². The Morgan fingerprint density at radius 1 is 1.29 bits per heavy atom. The maximum atomic E-state index is 12.2. The number of hydrogen-bond acceptors (Lipinski definition) is 4. The summed E-state index contributed by atoms with van der Waals surface area (Å²) in [5, 5.41) is 2.49. The zero-order chi connectivity index (χ0) is 15.2. The maximum absolute atomic E-state index is 12.2. The summed E-state index contributed by atoms with van der Waals surface area (Å²) in [6.45, 7) is 0.427. The van der Waals surface area contributed by atoms with Crippen LogP contribution in [0.15, 0.2) is 35.2 Å². The zero-order valence-corrected chi connectivity index (χ0v) is 13.4. The molecule has 1 heterocycles. The van der Waals surface area contributed by atoms with Crippen molar-refractivity contribution in [1.82, 2.24) is 10.2 Å². The van der Waals surface area contributed by atoms with Gasteiger partial charge < -0.3 is 5.32 Å². The highest BCUT2D eigenvalue weighted by molar-refractivity contribution is 9.09. The van der Waals surface area contributed by atoms with Gasteiger partial charge in [-0.3, -0.25) is 19.3 Å². The Kier molecular flexibility index (Phi) is 5.58. The van der Waals surface area contributed by atoms with Gasteiger partial charge in [0.25, 0.3) is 11.1 Å². The van der Waals surface area contributed by atoms with E-state index in [1.807, 2.05) is 30.3 Å². The standard InChI is InChI=1S/C14H13BrN2O3S/c15-9-12(18)16-6-7-17-13(19)11(21-14(17)20)8-10-4-2-1-3-5-10/h1-5,8H,6-7,9H2,(H,16,18). The van der Waals surface area contributed by atoms with Gasteiger partial charge in [0.2, 0.25) is 5.91 Å². The van der Waals surface area contributed by atoms with Crippen LogP contribution in [-0.2, 0) is 9.59 Å². The van der Waals surface area contributed by atoms with Crippen LogP contribution in [0.1, 0.15) is 5.56 Å². The summed E-state index contributed by atoms with van der Waals surface area (Å²) >= 11 is 3.94. The lowest BCUT2D eigenvalue weighted by Crippen LogP contribution is -2.37. The van der Waals surface area contributed by atoms with E-state index in [0.29, 0.717) is 4.91 Å². The number of nitrogens with zero attached hydrogens (tertiary/aromatic N) is 1. The van der Waals surface area contributed by atoms with Crippen molar-refractivity contribution in [2.75, 3.05) is 18.4 Å². The van der Waals surface area contributed by atoms with Crippen molar-refractivity contribution >= 4 is 50.8 Å². The second kappa shape index (κ2) is 7.42. The topological polar surface area (TPSA) is 66.5 Å². The number of nitrogens with one attached hydrogen (secondary N) is 1. The van der Waals surface area contributed by atoms with Crippen LogP contribution in [0.3, 0.4) is 0 Å². The van der Waals surface area contributed by atoms with Gasteiger partial charge in [-0.2, -0.15) is 0 Å². The third kappa shape index (κ3) is 4.18. The predicted octanol–water partition coefficient (Wildman–Crippen LogP) is 2.23. The van der Waals surface area contributed by atoms with Crippen LogP contribution in [0.5, 0.6) is 0 Å². The summed E-state index contributed by atoms with van der Waals surface area (Å²) in [4.78, 5) is 36.6. The molecule has 3 amide bonds. The van der Waals surface area contributed by atoms with Crippen LogP contribution in [0, 0.1) is 0 Å². The Balaban J connectivity index is 2.00. The third-order valence-electron chi connectivity index (χ3n) is 2.75. The van der Waals surface area contributed by atoms with Crippen molar-refractivity contribution in [3.63, 3.8) is 0 Å². The number of amides is 3. The lowest BCUT2D eigenvalue weighted by molar-refractivity contribution is -0.123. The largest absolute Gasteiger partial charge is 0.354 e. The molecular weight excluding hydrogens is 356 g/mol. The van der Waals surface area contributed by atoms with Gasteiger partial charge in [0, 0.05) is 13.1 Å². The van der Waals surface area contributed by atoms with Gasteiger partial charge in [0.05, 0.1) is 10.2 Å². The number of benzene rings is 1. The SMILES string of the molecule is O=C(CBr)NCCN1C(=O)SC(=Cc2ccccc2)C1=O. The van der Waals surface area contributed by atoms with E-state index in [0.717, 1.165) is 22.2 Å². The lowest BCUT2D eigenvalue weighted by Gasteiger charge is -2.12. The fourth-order valence-corrected chi connectivity index (χ4v) is 2.81. The predicted molar refractivity (Wildman–Crippen MR) is 85.9 cm³/mol. The highest BCUT2D eigenvalue weighted by atomic mass is 79.9. The second-order valence-corrected chi connectivity index (χ2v) is 5.78. The molecular formula is C14H13BrN2O3S. The first kappa shape index (κ1) is 15.8. The van der Waals surface area contributed by atoms with E-state index in [9.17, 15) is 14.4 Å². The second-order valence-electron chi connectivity index (χ2n) is 4.23. The van der Waals surface area contributed by atoms with E-state index in [-0.39, 0.29) is 35.5 Å². The monoisotopic (exact) mass is 368 g/mol. The van der Waals surface area contributed by atoms with Gasteiger partial charge >= 0.3 is 0 Å². The minimum absolute atomic E-state index is 0.176. The Morgan fingerprint density at radius 2 is 2.00 bits per heavy atom. The van der Waals surface area contributed by atoms with Gasteiger partial charge in [-0.15, -0.1) is 0 Å². The van der Waals surface area contributed by atoms with Crippen LogP contribution >= 0.6 is 27.7 Å². The Bertz CT molecular complexity index is 589. The molecule has 1 aromatic carbocycles. The lowest BCUT2D eigenvalue weighted by atomic mass is 10.2. The van der Waals surface area contributed by atoms with Crippen molar-refractivity contribution in [3.05, 3.63) is 40.8 Å². The molecule has 1 aliphatic heterocycles. The number of imide groups is 1. The molecule has 0 saturated carbocycles. The van der Waals surface area contributed by atoms with E-state index in [2.05, 4.69) is 21.2 Å². The molecule has 0 radical (unpaired) electrons. The molecule has 5 nitrogen and oxygen atoms in total. The number of hydrogen-bond donors (Lipinski definition) is 1. The first-order chi connectivity index (χ1) is 10.1. The number of carbonyl (C=O) groups excluding carboxylic acids is 3. The van der Waals surface area contributed by atoms with Gasteiger partial charge in [-0.05, 0) is 23.4 Å². The molecule has 2 rings (SSSR count). The molecule has 0 bridgehead atoms. The third-order valence-corrected chi connectivity index (χ3v) is 4.17. The summed E-state index contributed by atoms with van der Waals surface area (Å²) in [5.41, 5.74) is 0.871. The number of thioether (sulfide) groups is 1. The molecule has 0 unspecified atom stereocenters. The number of alkyl halides is 1. The highest BCUT2D eigenvalue weighted by Gasteiger charge is 2.34. The Hall–Kier alpha value is -1.60. The molecule has 0 aliphatic carbocycles. The molecule has 0 spiro atoms. The Morgan fingerprint density at radius 3 is 2.67 bits per heavy atom. The summed E-state index contributed by atoms with van der Waals surface area (Å²) in [6, 6.07) is 9.35. The van der Waals surface area contributed by atoms with E-state index in [4.69, 9.17) is 0 Å². The molecule has 1 aliphatic rings. The smallest absolute Gasteiger partial charge is 0.293 e. The summed E-state index contributed by atoms with van der Waals surface area (Å²) in [5.74, 6) is -0.497. The fourth-order valence-electron chi connectivity index (χ4n) is 1.75.